The molecule has 0 aromatic rings. The Kier molecular flexibility index (Phi) is 6.47. The summed E-state index contributed by atoms with van der Waals surface area (Å²) in [4.78, 5) is 2.56. The van der Waals surface area contributed by atoms with Gasteiger partial charge in [-0.1, -0.05) is 13.3 Å². The third-order valence-electron chi connectivity index (χ3n) is 5.24. The van der Waals surface area contributed by atoms with E-state index in [4.69, 9.17) is 4.74 Å². The van der Waals surface area contributed by atoms with Gasteiger partial charge in [0.15, 0.2) is 0 Å². The Hall–Kier alpha value is -0.630. The van der Waals surface area contributed by atoms with E-state index in [1.165, 1.54) is 12.8 Å². The van der Waals surface area contributed by atoms with Gasteiger partial charge in [0.25, 0.3) is 0 Å². The molecule has 0 spiro atoms. The average Bonchev–Trinajstić information content (AvgIpc) is 2.90. The number of rotatable bonds is 7. The number of piperidine rings is 1. The van der Waals surface area contributed by atoms with Gasteiger partial charge >= 0.3 is 0 Å². The minimum atomic E-state index is -0.252. The van der Waals surface area contributed by atoms with Crippen LogP contribution >= 0.6 is 0 Å². The second-order valence-corrected chi connectivity index (χ2v) is 6.49. The quantitative estimate of drug-likeness (QED) is 0.783. The van der Waals surface area contributed by atoms with E-state index < -0.39 is 0 Å². The molecule has 2 unspecified atom stereocenters. The highest BCUT2D eigenvalue weighted by atomic mass is 16.5. The number of likely N-dealkylation sites (tertiary alicyclic amines) is 1. The SMILES string of the molecule is CCNC1(C#N)CCCC1CCN1CCC(OCC)CC1. The average molecular weight is 293 g/mol. The Morgan fingerprint density at radius 3 is 2.67 bits per heavy atom. The van der Waals surface area contributed by atoms with Crippen LogP contribution in [0.1, 0.15) is 52.4 Å². The maximum Gasteiger partial charge on any atom is 0.109 e. The lowest BCUT2D eigenvalue weighted by atomic mass is 9.85. The van der Waals surface area contributed by atoms with E-state index in [2.05, 4.69) is 30.1 Å². The topological polar surface area (TPSA) is 48.3 Å². The number of nitrogens with one attached hydrogen (secondary N) is 1. The molecule has 21 heavy (non-hydrogen) atoms. The second-order valence-electron chi connectivity index (χ2n) is 6.49. The van der Waals surface area contributed by atoms with Gasteiger partial charge in [-0.3, -0.25) is 5.32 Å². The number of hydrogen-bond acceptors (Lipinski definition) is 4. The van der Waals surface area contributed by atoms with Crippen molar-refractivity contribution in [2.75, 3.05) is 32.8 Å². The molecule has 1 aliphatic heterocycles. The summed E-state index contributed by atoms with van der Waals surface area (Å²) in [6.45, 7) is 9.35. The molecule has 1 saturated carbocycles. The van der Waals surface area contributed by atoms with E-state index in [1.54, 1.807) is 0 Å². The Labute approximate surface area is 129 Å². The minimum Gasteiger partial charge on any atom is -0.378 e. The third kappa shape index (κ3) is 4.18. The standard InChI is InChI=1S/C17H31N3O/c1-3-19-17(14-18)10-5-6-15(17)7-11-20-12-8-16(9-13-20)21-4-2/h15-16,19H,3-13H2,1-2H3. The summed E-state index contributed by atoms with van der Waals surface area (Å²) in [7, 11) is 0. The molecule has 0 amide bonds. The molecule has 0 radical (unpaired) electrons. The van der Waals surface area contributed by atoms with Crippen molar-refractivity contribution in [2.45, 2.75) is 64.0 Å². The van der Waals surface area contributed by atoms with Crippen molar-refractivity contribution in [3.05, 3.63) is 0 Å². The summed E-state index contributed by atoms with van der Waals surface area (Å²) in [6, 6.07) is 2.59. The molecule has 2 rings (SSSR count). The van der Waals surface area contributed by atoms with Crippen molar-refractivity contribution in [1.82, 2.24) is 10.2 Å². The zero-order valence-corrected chi connectivity index (χ0v) is 13.7. The number of nitrogens with zero attached hydrogens (tertiary/aromatic N) is 2. The highest BCUT2D eigenvalue weighted by Crippen LogP contribution is 2.37. The number of ether oxygens (including phenoxy) is 1. The summed E-state index contributed by atoms with van der Waals surface area (Å²) < 4.78 is 5.71. The van der Waals surface area contributed by atoms with Crippen LogP contribution in [0, 0.1) is 17.2 Å². The third-order valence-corrected chi connectivity index (χ3v) is 5.24. The summed E-state index contributed by atoms with van der Waals surface area (Å²) in [5.41, 5.74) is -0.252. The maximum absolute atomic E-state index is 9.61. The van der Waals surface area contributed by atoms with E-state index in [0.29, 0.717) is 12.0 Å². The molecule has 0 bridgehead atoms. The molecule has 2 atom stereocenters. The molecule has 0 aromatic carbocycles. The van der Waals surface area contributed by atoms with Crippen LogP contribution in [-0.2, 0) is 4.74 Å². The lowest BCUT2D eigenvalue weighted by Gasteiger charge is -2.34. The van der Waals surface area contributed by atoms with Crippen molar-refractivity contribution in [2.24, 2.45) is 5.92 Å². The van der Waals surface area contributed by atoms with Crippen molar-refractivity contribution in [3.63, 3.8) is 0 Å². The molecule has 2 fully saturated rings. The first kappa shape index (κ1) is 16.7. The molecule has 1 saturated heterocycles. The summed E-state index contributed by atoms with van der Waals surface area (Å²) >= 11 is 0. The Morgan fingerprint density at radius 1 is 1.29 bits per heavy atom. The lowest BCUT2D eigenvalue weighted by Crippen LogP contribution is -2.48. The fourth-order valence-electron chi connectivity index (χ4n) is 4.08. The van der Waals surface area contributed by atoms with Crippen LogP contribution in [0.5, 0.6) is 0 Å². The molecule has 2 aliphatic rings. The van der Waals surface area contributed by atoms with Gasteiger partial charge < -0.3 is 9.64 Å². The smallest absolute Gasteiger partial charge is 0.109 e. The zero-order valence-electron chi connectivity index (χ0n) is 13.7. The molecule has 1 N–H and O–H groups in total. The minimum absolute atomic E-state index is 0.252. The van der Waals surface area contributed by atoms with Gasteiger partial charge in [-0.05, 0) is 58.0 Å². The highest BCUT2D eigenvalue weighted by Gasteiger charge is 2.42. The number of nitriles is 1. The van der Waals surface area contributed by atoms with Gasteiger partial charge in [0, 0.05) is 19.7 Å². The molecular weight excluding hydrogens is 262 g/mol. The van der Waals surface area contributed by atoms with Crippen LogP contribution < -0.4 is 5.32 Å². The monoisotopic (exact) mass is 293 g/mol. The first-order chi connectivity index (χ1) is 10.2. The Balaban J connectivity index is 1.77. The molecular formula is C17H31N3O. The maximum atomic E-state index is 9.61. The van der Waals surface area contributed by atoms with E-state index in [9.17, 15) is 5.26 Å². The zero-order chi connectivity index (χ0) is 15.1. The predicted molar refractivity (Wildman–Crippen MR) is 85.1 cm³/mol. The van der Waals surface area contributed by atoms with Gasteiger partial charge in [0.05, 0.1) is 12.2 Å². The van der Waals surface area contributed by atoms with Crippen LogP contribution in [-0.4, -0.2) is 49.3 Å². The van der Waals surface area contributed by atoms with Crippen LogP contribution in [0.4, 0.5) is 0 Å². The summed E-state index contributed by atoms with van der Waals surface area (Å²) in [5.74, 6) is 0.520. The normalized spacial score (nSPS) is 31.4. The predicted octanol–water partition coefficient (Wildman–Crippen LogP) is 2.55. The van der Waals surface area contributed by atoms with Gasteiger partial charge in [0.1, 0.15) is 5.54 Å². The summed E-state index contributed by atoms with van der Waals surface area (Å²) in [5, 5.41) is 13.1. The van der Waals surface area contributed by atoms with Crippen molar-refractivity contribution in [1.29, 1.82) is 5.26 Å². The molecule has 120 valence electrons. The van der Waals surface area contributed by atoms with Gasteiger partial charge in [-0.25, -0.2) is 0 Å². The Morgan fingerprint density at radius 2 is 2.05 bits per heavy atom. The van der Waals surface area contributed by atoms with Crippen LogP contribution in [0.2, 0.25) is 0 Å². The van der Waals surface area contributed by atoms with Crippen molar-refractivity contribution >= 4 is 0 Å². The van der Waals surface area contributed by atoms with Gasteiger partial charge in [-0.2, -0.15) is 5.26 Å². The molecule has 1 heterocycles. The van der Waals surface area contributed by atoms with Gasteiger partial charge in [0.2, 0.25) is 0 Å². The van der Waals surface area contributed by atoms with E-state index in [-0.39, 0.29) is 5.54 Å². The molecule has 0 aromatic heterocycles. The number of hydrogen-bond donors (Lipinski definition) is 1. The molecule has 4 nitrogen and oxygen atoms in total. The highest BCUT2D eigenvalue weighted by molar-refractivity contribution is 5.14. The first-order valence-electron chi connectivity index (χ1n) is 8.74. The molecule has 4 heteroatoms. The van der Waals surface area contributed by atoms with Crippen molar-refractivity contribution < 1.29 is 4.74 Å². The summed E-state index contributed by atoms with van der Waals surface area (Å²) in [6.07, 6.45) is 7.37. The van der Waals surface area contributed by atoms with Crippen LogP contribution in [0.15, 0.2) is 0 Å². The fraction of sp³-hybridized carbons (Fsp3) is 0.941. The molecule has 1 aliphatic carbocycles. The van der Waals surface area contributed by atoms with Crippen LogP contribution in [0.25, 0.3) is 0 Å². The van der Waals surface area contributed by atoms with Crippen molar-refractivity contribution in [3.8, 4) is 6.07 Å². The van der Waals surface area contributed by atoms with E-state index in [1.807, 2.05) is 0 Å². The van der Waals surface area contributed by atoms with Crippen LogP contribution in [0.3, 0.4) is 0 Å². The van der Waals surface area contributed by atoms with E-state index in [0.717, 1.165) is 58.5 Å². The van der Waals surface area contributed by atoms with Gasteiger partial charge in [-0.15, -0.1) is 0 Å². The first-order valence-corrected chi connectivity index (χ1v) is 8.74. The largest absolute Gasteiger partial charge is 0.378 e. The second kappa shape index (κ2) is 8.12. The van der Waals surface area contributed by atoms with E-state index >= 15 is 0 Å². The lowest BCUT2D eigenvalue weighted by molar-refractivity contribution is 0.0128. The fourth-order valence-corrected chi connectivity index (χ4v) is 4.08. The Bertz CT molecular complexity index is 346.